The maximum Gasteiger partial charge on any atom is 0.119 e. The Hall–Kier alpha value is -2.01. The van der Waals surface area contributed by atoms with Gasteiger partial charge in [0.15, 0.2) is 0 Å². The number of ether oxygens (including phenoxy) is 1. The summed E-state index contributed by atoms with van der Waals surface area (Å²) in [6.07, 6.45) is 0. The number of aryl methyl sites for hydroxylation is 1. The molecule has 0 saturated carbocycles. The van der Waals surface area contributed by atoms with E-state index in [0.717, 1.165) is 5.75 Å². The van der Waals surface area contributed by atoms with Crippen LogP contribution in [0.25, 0.3) is 0 Å². The van der Waals surface area contributed by atoms with Crippen molar-refractivity contribution in [2.75, 3.05) is 5.32 Å². The molecule has 0 fully saturated rings. The molecule has 0 saturated heterocycles. The lowest BCUT2D eigenvalue weighted by molar-refractivity contribution is 0.306. The molecule has 0 aliphatic rings. The first kappa shape index (κ1) is 17.8. The zero-order valence-corrected chi connectivity index (χ0v) is 16.7. The third kappa shape index (κ3) is 4.98. The van der Waals surface area contributed by atoms with E-state index in [1.54, 1.807) is 0 Å². The van der Waals surface area contributed by atoms with E-state index in [-0.39, 0.29) is 6.04 Å². The standard InChI is InChI=1S/C22H22INO/c1-16-14-20(23)10-13-22(16)24-17(2)19-8-11-21(12-9-19)25-15-18-6-4-3-5-7-18/h3-14,17,24H,15H2,1-2H3. The Labute approximate surface area is 163 Å². The van der Waals surface area contributed by atoms with Gasteiger partial charge in [0.2, 0.25) is 0 Å². The normalized spacial score (nSPS) is 11.8. The zero-order chi connectivity index (χ0) is 17.6. The fourth-order valence-electron chi connectivity index (χ4n) is 2.70. The van der Waals surface area contributed by atoms with Gasteiger partial charge in [-0.15, -0.1) is 0 Å². The van der Waals surface area contributed by atoms with Crippen LogP contribution in [-0.4, -0.2) is 0 Å². The number of anilines is 1. The van der Waals surface area contributed by atoms with Gasteiger partial charge in [-0.2, -0.15) is 0 Å². The minimum absolute atomic E-state index is 0.238. The van der Waals surface area contributed by atoms with Crippen molar-refractivity contribution in [1.29, 1.82) is 0 Å². The molecule has 2 nitrogen and oxygen atoms in total. The van der Waals surface area contributed by atoms with Gasteiger partial charge in [-0.1, -0.05) is 42.5 Å². The van der Waals surface area contributed by atoms with Crippen LogP contribution < -0.4 is 10.1 Å². The van der Waals surface area contributed by atoms with Gasteiger partial charge in [0.05, 0.1) is 0 Å². The van der Waals surface area contributed by atoms with Crippen LogP contribution in [0, 0.1) is 10.5 Å². The highest BCUT2D eigenvalue weighted by Crippen LogP contribution is 2.25. The van der Waals surface area contributed by atoms with Crippen LogP contribution in [0.3, 0.4) is 0 Å². The zero-order valence-electron chi connectivity index (χ0n) is 14.5. The summed E-state index contributed by atoms with van der Waals surface area (Å²) in [6.45, 7) is 4.91. The molecule has 0 aromatic heterocycles. The Balaban J connectivity index is 1.61. The first-order valence-corrected chi connectivity index (χ1v) is 9.49. The Bertz CT molecular complexity index is 815. The minimum atomic E-state index is 0.238. The molecule has 0 amide bonds. The van der Waals surface area contributed by atoms with Crippen molar-refractivity contribution in [3.05, 3.63) is 93.1 Å². The molecule has 128 valence electrons. The van der Waals surface area contributed by atoms with Gasteiger partial charge in [0, 0.05) is 15.3 Å². The highest BCUT2D eigenvalue weighted by atomic mass is 127. The Morgan fingerprint density at radius 1 is 0.960 bits per heavy atom. The maximum atomic E-state index is 5.86. The molecule has 1 unspecified atom stereocenters. The minimum Gasteiger partial charge on any atom is -0.489 e. The number of halogens is 1. The monoisotopic (exact) mass is 443 g/mol. The largest absolute Gasteiger partial charge is 0.489 e. The van der Waals surface area contributed by atoms with Gasteiger partial charge in [0.1, 0.15) is 12.4 Å². The fourth-order valence-corrected chi connectivity index (χ4v) is 3.35. The van der Waals surface area contributed by atoms with E-state index in [1.165, 1.54) is 25.9 Å². The second kappa shape index (κ2) is 8.39. The van der Waals surface area contributed by atoms with E-state index >= 15 is 0 Å². The number of hydrogen-bond donors (Lipinski definition) is 1. The van der Waals surface area contributed by atoms with Crippen LogP contribution in [0.15, 0.2) is 72.8 Å². The van der Waals surface area contributed by atoms with E-state index in [0.29, 0.717) is 6.61 Å². The van der Waals surface area contributed by atoms with Gasteiger partial charge in [-0.25, -0.2) is 0 Å². The van der Waals surface area contributed by atoms with E-state index in [4.69, 9.17) is 4.74 Å². The van der Waals surface area contributed by atoms with Crippen LogP contribution in [0.2, 0.25) is 0 Å². The van der Waals surface area contributed by atoms with Crippen LogP contribution in [0.5, 0.6) is 5.75 Å². The molecule has 0 spiro atoms. The van der Waals surface area contributed by atoms with Crippen molar-refractivity contribution in [3.63, 3.8) is 0 Å². The van der Waals surface area contributed by atoms with E-state index in [1.807, 2.05) is 30.3 Å². The quantitative estimate of drug-likeness (QED) is 0.448. The fraction of sp³-hybridized carbons (Fsp3) is 0.182. The summed E-state index contributed by atoms with van der Waals surface area (Å²) < 4.78 is 7.11. The predicted octanol–water partition coefficient (Wildman–Crippen LogP) is 6.35. The summed E-state index contributed by atoms with van der Waals surface area (Å²) in [5.41, 5.74) is 4.86. The summed E-state index contributed by atoms with van der Waals surface area (Å²) in [6, 6.07) is 25.2. The number of hydrogen-bond acceptors (Lipinski definition) is 2. The lowest BCUT2D eigenvalue weighted by Crippen LogP contribution is -2.07. The van der Waals surface area contributed by atoms with Gasteiger partial charge in [-0.05, 0) is 83.5 Å². The maximum absolute atomic E-state index is 5.86. The molecule has 1 atom stereocenters. The van der Waals surface area contributed by atoms with Crippen LogP contribution in [0.1, 0.15) is 29.7 Å². The Morgan fingerprint density at radius 3 is 2.36 bits per heavy atom. The average Bonchev–Trinajstić information content (AvgIpc) is 2.63. The Morgan fingerprint density at radius 2 is 1.68 bits per heavy atom. The topological polar surface area (TPSA) is 21.3 Å². The second-order valence-corrected chi connectivity index (χ2v) is 7.41. The van der Waals surface area contributed by atoms with Gasteiger partial charge < -0.3 is 10.1 Å². The van der Waals surface area contributed by atoms with E-state index in [9.17, 15) is 0 Å². The summed E-state index contributed by atoms with van der Waals surface area (Å²) in [4.78, 5) is 0. The summed E-state index contributed by atoms with van der Waals surface area (Å²) >= 11 is 2.34. The highest BCUT2D eigenvalue weighted by molar-refractivity contribution is 14.1. The third-order valence-corrected chi connectivity index (χ3v) is 4.86. The van der Waals surface area contributed by atoms with Gasteiger partial charge in [-0.3, -0.25) is 0 Å². The van der Waals surface area contributed by atoms with Gasteiger partial charge in [0.25, 0.3) is 0 Å². The van der Waals surface area contributed by atoms with Crippen molar-refractivity contribution in [2.24, 2.45) is 0 Å². The first-order chi connectivity index (χ1) is 12.1. The molecule has 3 rings (SSSR count). The van der Waals surface area contributed by atoms with Crippen LogP contribution in [-0.2, 0) is 6.61 Å². The summed E-state index contributed by atoms with van der Waals surface area (Å²) in [5.74, 6) is 0.894. The molecule has 0 heterocycles. The smallest absolute Gasteiger partial charge is 0.119 e. The molecule has 1 N–H and O–H groups in total. The van der Waals surface area contributed by atoms with Crippen molar-refractivity contribution >= 4 is 28.3 Å². The van der Waals surface area contributed by atoms with E-state index in [2.05, 4.69) is 84.2 Å². The molecule has 0 aliphatic carbocycles. The molecule has 3 aromatic rings. The molecular formula is C22H22INO. The molecule has 0 radical (unpaired) electrons. The Kier molecular flexibility index (Phi) is 5.97. The number of benzene rings is 3. The molecule has 0 aliphatic heterocycles. The number of rotatable bonds is 6. The average molecular weight is 443 g/mol. The number of nitrogens with one attached hydrogen (secondary N) is 1. The van der Waals surface area contributed by atoms with Crippen molar-refractivity contribution in [2.45, 2.75) is 26.5 Å². The first-order valence-electron chi connectivity index (χ1n) is 8.41. The van der Waals surface area contributed by atoms with Crippen LogP contribution in [0.4, 0.5) is 5.69 Å². The van der Waals surface area contributed by atoms with E-state index < -0.39 is 0 Å². The molecular weight excluding hydrogens is 421 g/mol. The third-order valence-electron chi connectivity index (χ3n) is 4.19. The summed E-state index contributed by atoms with van der Waals surface area (Å²) in [5, 5.41) is 3.59. The van der Waals surface area contributed by atoms with Crippen molar-refractivity contribution in [3.8, 4) is 5.75 Å². The SMILES string of the molecule is Cc1cc(I)ccc1NC(C)c1ccc(OCc2ccccc2)cc1. The van der Waals surface area contributed by atoms with Crippen molar-refractivity contribution < 1.29 is 4.74 Å². The highest BCUT2D eigenvalue weighted by Gasteiger charge is 2.07. The van der Waals surface area contributed by atoms with Gasteiger partial charge >= 0.3 is 0 Å². The molecule has 3 aromatic carbocycles. The predicted molar refractivity (Wildman–Crippen MR) is 113 cm³/mol. The molecule has 0 bridgehead atoms. The molecule has 25 heavy (non-hydrogen) atoms. The lowest BCUT2D eigenvalue weighted by atomic mass is 10.1. The van der Waals surface area contributed by atoms with Crippen LogP contribution >= 0.6 is 22.6 Å². The second-order valence-electron chi connectivity index (χ2n) is 6.17. The summed E-state index contributed by atoms with van der Waals surface area (Å²) in [7, 11) is 0. The molecule has 3 heteroatoms. The van der Waals surface area contributed by atoms with Crippen molar-refractivity contribution in [1.82, 2.24) is 0 Å². The lowest BCUT2D eigenvalue weighted by Gasteiger charge is -2.18.